The highest BCUT2D eigenvalue weighted by Crippen LogP contribution is 2.64. The van der Waals surface area contributed by atoms with E-state index >= 15 is 0 Å². The number of rotatable bonds is 0. The predicted molar refractivity (Wildman–Crippen MR) is 38.2 cm³/mol. The van der Waals surface area contributed by atoms with Crippen LogP contribution in [0.15, 0.2) is 0 Å². The Kier molecular flexibility index (Phi) is 1.16. The van der Waals surface area contributed by atoms with Crippen molar-refractivity contribution in [3.05, 3.63) is 17.0 Å². The Labute approximate surface area is 76.3 Å². The fraction of sp³-hybridized carbons (Fsp3) is 0.625. The highest BCUT2D eigenvalue weighted by Gasteiger charge is 2.65. The zero-order valence-corrected chi connectivity index (χ0v) is 6.95. The molecule has 2 unspecified atom stereocenters. The molecule has 76 valence electrons. The molecule has 6 heteroatoms. The first-order chi connectivity index (χ1) is 6.43. The molecule has 2 nitrogen and oxygen atoms in total. The summed E-state index contributed by atoms with van der Waals surface area (Å²) in [5, 5.41) is 5.41. The lowest BCUT2D eigenvalue weighted by Crippen LogP contribution is -2.12. The molecule has 0 aromatic carbocycles. The second kappa shape index (κ2) is 1.97. The predicted octanol–water partition coefficient (Wildman–Crippen LogP) is 2.17. The molecule has 1 aromatic rings. The quantitative estimate of drug-likeness (QED) is 0.647. The number of nitrogens with one attached hydrogen (secondary N) is 1. The van der Waals surface area contributed by atoms with Crippen LogP contribution < -0.4 is 0 Å². The fourth-order valence-corrected chi connectivity index (χ4v) is 2.26. The summed E-state index contributed by atoms with van der Waals surface area (Å²) >= 11 is 0. The van der Waals surface area contributed by atoms with Crippen LogP contribution >= 0.6 is 0 Å². The summed E-state index contributed by atoms with van der Waals surface area (Å²) in [5.74, 6) is -0.257. The molecule has 3 rings (SSSR count). The van der Waals surface area contributed by atoms with Crippen LogP contribution in [0.4, 0.5) is 17.6 Å². The van der Waals surface area contributed by atoms with Gasteiger partial charge in [-0.25, -0.2) is 4.39 Å². The molecule has 1 saturated carbocycles. The Morgan fingerprint density at radius 1 is 1.43 bits per heavy atom. The van der Waals surface area contributed by atoms with E-state index in [1.54, 1.807) is 0 Å². The third-order valence-corrected chi connectivity index (χ3v) is 3.01. The molecular weight excluding hydrogens is 200 g/mol. The topological polar surface area (TPSA) is 28.7 Å². The number of nitrogens with zero attached hydrogens (tertiary/aromatic N) is 1. The summed E-state index contributed by atoms with van der Waals surface area (Å²) in [6, 6.07) is 0. The molecule has 1 aromatic heterocycles. The number of alkyl halides is 4. The molecule has 0 radical (unpaired) electrons. The molecule has 1 fully saturated rings. The van der Waals surface area contributed by atoms with E-state index in [0.717, 1.165) is 0 Å². The van der Waals surface area contributed by atoms with E-state index in [-0.39, 0.29) is 17.9 Å². The van der Waals surface area contributed by atoms with Gasteiger partial charge in [0.2, 0.25) is 0 Å². The van der Waals surface area contributed by atoms with Crippen molar-refractivity contribution in [3.8, 4) is 0 Å². The summed E-state index contributed by atoms with van der Waals surface area (Å²) in [7, 11) is 0. The Morgan fingerprint density at radius 3 is 2.79 bits per heavy atom. The number of hydrogen-bond acceptors (Lipinski definition) is 1. The van der Waals surface area contributed by atoms with Crippen molar-refractivity contribution in [2.75, 3.05) is 0 Å². The summed E-state index contributed by atoms with van der Waals surface area (Å²) in [6.45, 7) is 0. The normalized spacial score (nSPS) is 34.1. The van der Waals surface area contributed by atoms with Crippen LogP contribution in [0.3, 0.4) is 0 Å². The molecule has 0 aliphatic heterocycles. The van der Waals surface area contributed by atoms with Gasteiger partial charge in [0.15, 0.2) is 5.69 Å². The van der Waals surface area contributed by atoms with Gasteiger partial charge in [0.05, 0.1) is 0 Å². The SMILES string of the molecule is FC(F)(F)c1n[nH]c2c1C1(F)CC1C2. The minimum atomic E-state index is -4.55. The van der Waals surface area contributed by atoms with E-state index in [1.165, 1.54) is 0 Å². The molecule has 1 heterocycles. The number of halogens is 4. The Hall–Kier alpha value is -1.07. The van der Waals surface area contributed by atoms with Crippen LogP contribution in [0.25, 0.3) is 0 Å². The number of aromatic nitrogens is 2. The third kappa shape index (κ3) is 0.790. The summed E-state index contributed by atoms with van der Waals surface area (Å²) in [4.78, 5) is 0. The van der Waals surface area contributed by atoms with Crippen LogP contribution in [0.5, 0.6) is 0 Å². The summed E-state index contributed by atoms with van der Waals surface area (Å²) in [5.41, 5.74) is -2.74. The van der Waals surface area contributed by atoms with Gasteiger partial charge in [-0.15, -0.1) is 0 Å². The van der Waals surface area contributed by atoms with Crippen LogP contribution in [-0.2, 0) is 18.3 Å². The minimum absolute atomic E-state index is 0.211. The Morgan fingerprint density at radius 2 is 2.14 bits per heavy atom. The standard InChI is InChI=1S/C8H6F4N2/c9-7-2-3(7)1-4-5(7)6(14-13-4)8(10,11)12/h3H,1-2H2,(H,13,14). The van der Waals surface area contributed by atoms with Crippen LogP contribution in [0, 0.1) is 5.92 Å². The van der Waals surface area contributed by atoms with Crippen molar-refractivity contribution in [2.24, 2.45) is 5.92 Å². The van der Waals surface area contributed by atoms with Gasteiger partial charge in [0.25, 0.3) is 0 Å². The van der Waals surface area contributed by atoms with E-state index in [9.17, 15) is 17.6 Å². The first kappa shape index (κ1) is 8.26. The average Bonchev–Trinajstić information content (AvgIpc) is 2.44. The zero-order chi connectivity index (χ0) is 10.1. The molecule has 0 saturated heterocycles. The van der Waals surface area contributed by atoms with Gasteiger partial charge in [-0.05, 0) is 12.8 Å². The number of hydrogen-bond donors (Lipinski definition) is 1. The van der Waals surface area contributed by atoms with Crippen molar-refractivity contribution < 1.29 is 17.6 Å². The van der Waals surface area contributed by atoms with Crippen molar-refractivity contribution in [1.82, 2.24) is 10.2 Å². The van der Waals surface area contributed by atoms with E-state index in [4.69, 9.17) is 0 Å². The van der Waals surface area contributed by atoms with Crippen molar-refractivity contribution in [2.45, 2.75) is 24.7 Å². The van der Waals surface area contributed by atoms with Crippen LogP contribution in [-0.4, -0.2) is 10.2 Å². The van der Waals surface area contributed by atoms with Crippen LogP contribution in [0.1, 0.15) is 23.4 Å². The molecule has 2 aliphatic rings. The number of fused-ring (bicyclic) bond motifs is 3. The summed E-state index contributed by atoms with van der Waals surface area (Å²) < 4.78 is 50.9. The lowest BCUT2D eigenvalue weighted by atomic mass is 10.1. The van der Waals surface area contributed by atoms with Gasteiger partial charge in [-0.1, -0.05) is 0 Å². The van der Waals surface area contributed by atoms with E-state index in [1.807, 2.05) is 0 Å². The van der Waals surface area contributed by atoms with E-state index in [2.05, 4.69) is 10.2 Å². The second-order valence-electron chi connectivity index (χ2n) is 3.89. The largest absolute Gasteiger partial charge is 0.435 e. The highest BCUT2D eigenvalue weighted by atomic mass is 19.4. The van der Waals surface area contributed by atoms with Gasteiger partial charge in [0, 0.05) is 17.2 Å². The van der Waals surface area contributed by atoms with E-state index < -0.39 is 17.5 Å². The lowest BCUT2D eigenvalue weighted by molar-refractivity contribution is -0.142. The summed E-state index contributed by atoms with van der Waals surface area (Å²) in [6.07, 6.45) is -3.99. The van der Waals surface area contributed by atoms with Crippen molar-refractivity contribution in [1.29, 1.82) is 0 Å². The number of aromatic amines is 1. The first-order valence-electron chi connectivity index (χ1n) is 4.27. The van der Waals surface area contributed by atoms with E-state index in [0.29, 0.717) is 12.1 Å². The molecule has 0 amide bonds. The molecule has 0 bridgehead atoms. The zero-order valence-electron chi connectivity index (χ0n) is 6.95. The molecule has 2 aliphatic carbocycles. The second-order valence-corrected chi connectivity index (χ2v) is 3.89. The smallest absolute Gasteiger partial charge is 0.282 e. The molecule has 2 atom stereocenters. The highest BCUT2D eigenvalue weighted by molar-refractivity contribution is 5.45. The maximum Gasteiger partial charge on any atom is 0.435 e. The first-order valence-corrected chi connectivity index (χ1v) is 4.27. The van der Waals surface area contributed by atoms with Gasteiger partial charge in [-0.2, -0.15) is 18.3 Å². The van der Waals surface area contributed by atoms with Crippen LogP contribution in [0.2, 0.25) is 0 Å². The van der Waals surface area contributed by atoms with Gasteiger partial charge in [0.1, 0.15) is 5.67 Å². The molecule has 0 spiro atoms. The molecular formula is C8H6F4N2. The van der Waals surface area contributed by atoms with Gasteiger partial charge in [-0.3, -0.25) is 5.10 Å². The average molecular weight is 206 g/mol. The molecule has 1 N–H and O–H groups in total. The minimum Gasteiger partial charge on any atom is -0.282 e. The maximum atomic E-state index is 13.7. The number of H-pyrrole nitrogens is 1. The molecule has 14 heavy (non-hydrogen) atoms. The van der Waals surface area contributed by atoms with Gasteiger partial charge < -0.3 is 0 Å². The fourth-order valence-electron chi connectivity index (χ4n) is 2.26. The Bertz CT molecular complexity index is 408. The van der Waals surface area contributed by atoms with Crippen molar-refractivity contribution >= 4 is 0 Å². The lowest BCUT2D eigenvalue weighted by Gasteiger charge is -2.07. The van der Waals surface area contributed by atoms with Crippen molar-refractivity contribution in [3.63, 3.8) is 0 Å². The van der Waals surface area contributed by atoms with Gasteiger partial charge >= 0.3 is 6.18 Å². The third-order valence-electron chi connectivity index (χ3n) is 3.01. The Balaban J connectivity index is 2.18. The monoisotopic (exact) mass is 206 g/mol. The maximum absolute atomic E-state index is 13.7.